The zero-order valence-corrected chi connectivity index (χ0v) is 16.3. The summed E-state index contributed by atoms with van der Waals surface area (Å²) in [5.74, 6) is -1.71. The van der Waals surface area contributed by atoms with E-state index in [1.807, 2.05) is 0 Å². The molecule has 0 fully saturated rings. The highest BCUT2D eigenvalue weighted by Gasteiger charge is 2.29. The molecule has 1 aromatic carbocycles. The number of hydrogen-bond acceptors (Lipinski definition) is 6. The Labute approximate surface area is 162 Å². The summed E-state index contributed by atoms with van der Waals surface area (Å²) in [6, 6.07) is 6.76. The molecule has 8 nitrogen and oxygen atoms in total. The van der Waals surface area contributed by atoms with Crippen LogP contribution in [0.4, 0.5) is 0 Å². The second kappa shape index (κ2) is 9.18. The molecule has 1 heterocycles. The van der Waals surface area contributed by atoms with Crippen LogP contribution in [0.1, 0.15) is 40.4 Å². The summed E-state index contributed by atoms with van der Waals surface area (Å²) in [5, 5.41) is 11.7. The fraction of sp³-hybridized carbons (Fsp3) is 0.350. The molecule has 0 aliphatic carbocycles. The molecule has 0 aliphatic heterocycles. The van der Waals surface area contributed by atoms with Gasteiger partial charge in [0.1, 0.15) is 11.4 Å². The molecule has 28 heavy (non-hydrogen) atoms. The highest BCUT2D eigenvalue weighted by Crippen LogP contribution is 2.32. The summed E-state index contributed by atoms with van der Waals surface area (Å²) < 4.78 is 10.3. The number of Topliss-reactive ketones (excluding diaryl/α,β-unsaturated/α-hetero) is 1. The Bertz CT molecular complexity index is 868. The highest BCUT2D eigenvalue weighted by atomic mass is 16.5. The molecule has 0 saturated carbocycles. The number of benzene rings is 1. The molecule has 0 aliphatic rings. The van der Waals surface area contributed by atoms with E-state index in [0.29, 0.717) is 17.0 Å². The third kappa shape index (κ3) is 4.58. The summed E-state index contributed by atoms with van der Waals surface area (Å²) in [7, 11) is 1.53. The second-order valence-corrected chi connectivity index (χ2v) is 6.21. The predicted octanol–water partition coefficient (Wildman–Crippen LogP) is 1.86. The second-order valence-electron chi connectivity index (χ2n) is 6.21. The van der Waals surface area contributed by atoms with E-state index in [0.717, 1.165) is 0 Å². The van der Waals surface area contributed by atoms with Crippen molar-refractivity contribution in [1.29, 1.82) is 0 Å². The van der Waals surface area contributed by atoms with Crippen molar-refractivity contribution < 1.29 is 29.0 Å². The normalized spacial score (nSPS) is 11.6. The van der Waals surface area contributed by atoms with Crippen molar-refractivity contribution in [2.75, 3.05) is 20.3 Å². The number of H-pyrrole nitrogens is 1. The Morgan fingerprint density at radius 1 is 1.21 bits per heavy atom. The number of ketones is 1. The molecule has 1 aromatic heterocycles. The molecule has 3 N–H and O–H groups in total. The number of amides is 1. The van der Waals surface area contributed by atoms with Crippen LogP contribution in [-0.4, -0.2) is 54.1 Å². The number of aryl methyl sites for hydroxylation is 1. The molecular formula is C20H24N2O6. The number of aliphatic hydroxyl groups excluding tert-OH is 1. The van der Waals surface area contributed by atoms with Crippen LogP contribution >= 0.6 is 0 Å². The van der Waals surface area contributed by atoms with Crippen LogP contribution in [-0.2, 0) is 9.53 Å². The van der Waals surface area contributed by atoms with Gasteiger partial charge in [-0.05, 0) is 38.5 Å². The van der Waals surface area contributed by atoms with E-state index in [1.54, 1.807) is 38.1 Å². The van der Waals surface area contributed by atoms with Crippen molar-refractivity contribution in [3.05, 3.63) is 41.2 Å². The van der Waals surface area contributed by atoms with Gasteiger partial charge < -0.3 is 24.9 Å². The smallest absolute Gasteiger partial charge is 0.340 e. The number of aliphatic hydroxyl groups is 1. The van der Waals surface area contributed by atoms with E-state index in [1.165, 1.54) is 14.0 Å². The molecule has 2 rings (SSSR count). The number of hydrogen-bond donors (Lipinski definition) is 3. The minimum Gasteiger partial charge on any atom is -0.497 e. The first-order chi connectivity index (χ1) is 13.3. The molecule has 150 valence electrons. The van der Waals surface area contributed by atoms with Crippen LogP contribution in [0.25, 0.3) is 11.1 Å². The molecule has 0 unspecified atom stereocenters. The molecule has 8 heteroatoms. The van der Waals surface area contributed by atoms with Crippen molar-refractivity contribution in [3.8, 4) is 16.9 Å². The zero-order valence-electron chi connectivity index (χ0n) is 16.3. The van der Waals surface area contributed by atoms with Crippen molar-refractivity contribution in [2.45, 2.75) is 26.9 Å². The molecule has 0 saturated heterocycles. The fourth-order valence-electron chi connectivity index (χ4n) is 2.73. The Morgan fingerprint density at radius 3 is 2.39 bits per heavy atom. The van der Waals surface area contributed by atoms with Crippen LogP contribution in [0, 0.1) is 6.92 Å². The van der Waals surface area contributed by atoms with Gasteiger partial charge in [0.2, 0.25) is 0 Å². The van der Waals surface area contributed by atoms with E-state index >= 15 is 0 Å². The molecule has 1 amide bonds. The van der Waals surface area contributed by atoms with Crippen LogP contribution in [0.3, 0.4) is 0 Å². The predicted molar refractivity (Wildman–Crippen MR) is 102 cm³/mol. The van der Waals surface area contributed by atoms with Gasteiger partial charge in [-0.1, -0.05) is 12.1 Å². The maximum Gasteiger partial charge on any atom is 0.340 e. The molecule has 0 bridgehead atoms. The summed E-state index contributed by atoms with van der Waals surface area (Å²) in [5.41, 5.74) is 1.43. The molecule has 0 spiro atoms. The Morgan fingerprint density at radius 2 is 1.86 bits per heavy atom. The van der Waals surface area contributed by atoms with Crippen molar-refractivity contribution in [1.82, 2.24) is 10.3 Å². The number of carbonyl (C=O) groups is 3. The minimum absolute atomic E-state index is 0.0196. The molecule has 0 radical (unpaired) electrons. The quantitative estimate of drug-likeness (QED) is 0.361. The first kappa shape index (κ1) is 21.2. The monoisotopic (exact) mass is 388 g/mol. The van der Waals surface area contributed by atoms with E-state index in [9.17, 15) is 19.5 Å². The largest absolute Gasteiger partial charge is 0.497 e. The zero-order chi connectivity index (χ0) is 20.8. The summed E-state index contributed by atoms with van der Waals surface area (Å²) in [4.78, 5) is 40.3. The standard InChI is InChI=1S/C20H24N2O6/c1-5-28-20(26)15-12(3)22-17(18(24)19(25)21-10-11(2)23)16(15)13-6-8-14(27-4)9-7-13/h6-9,11,22-23H,5,10H2,1-4H3,(H,21,25)/t11-/m0/s1. The molecule has 1 atom stereocenters. The van der Waals surface area contributed by atoms with Gasteiger partial charge in [-0.25, -0.2) is 4.79 Å². The topological polar surface area (TPSA) is 118 Å². The van der Waals surface area contributed by atoms with Crippen molar-refractivity contribution in [3.63, 3.8) is 0 Å². The van der Waals surface area contributed by atoms with Crippen molar-refractivity contribution in [2.24, 2.45) is 0 Å². The third-order valence-electron chi connectivity index (χ3n) is 4.04. The lowest BCUT2D eigenvalue weighted by molar-refractivity contribution is -0.117. The minimum atomic E-state index is -0.882. The Hall–Kier alpha value is -3.13. The number of aromatic amines is 1. The van der Waals surface area contributed by atoms with Gasteiger partial charge in [-0.2, -0.15) is 0 Å². The fourth-order valence-corrected chi connectivity index (χ4v) is 2.73. The molecule has 2 aromatic rings. The number of carbonyl (C=O) groups excluding carboxylic acids is 3. The number of rotatable bonds is 8. The van der Waals surface area contributed by atoms with E-state index in [-0.39, 0.29) is 30.0 Å². The number of esters is 1. The number of ether oxygens (including phenoxy) is 2. The van der Waals surface area contributed by atoms with Crippen molar-refractivity contribution >= 4 is 17.7 Å². The van der Waals surface area contributed by atoms with Gasteiger partial charge in [0.25, 0.3) is 11.7 Å². The van der Waals surface area contributed by atoms with E-state index < -0.39 is 23.8 Å². The average Bonchev–Trinajstić information content (AvgIpc) is 3.02. The summed E-state index contributed by atoms with van der Waals surface area (Å²) in [6.07, 6.45) is -0.793. The first-order valence-electron chi connectivity index (χ1n) is 8.84. The molecular weight excluding hydrogens is 364 g/mol. The third-order valence-corrected chi connectivity index (χ3v) is 4.04. The SMILES string of the molecule is CCOC(=O)c1c(C)[nH]c(C(=O)C(=O)NC[C@H](C)O)c1-c1ccc(OC)cc1. The lowest BCUT2D eigenvalue weighted by Gasteiger charge is -2.09. The number of methoxy groups -OCH3 is 1. The number of nitrogens with one attached hydrogen (secondary N) is 2. The van der Waals surface area contributed by atoms with Crippen LogP contribution in [0.5, 0.6) is 5.75 Å². The van der Waals surface area contributed by atoms with Gasteiger partial charge in [0.05, 0.1) is 25.4 Å². The van der Waals surface area contributed by atoms with E-state index in [2.05, 4.69) is 10.3 Å². The maximum absolute atomic E-state index is 12.7. The maximum atomic E-state index is 12.7. The van der Waals surface area contributed by atoms with Gasteiger partial charge in [0.15, 0.2) is 0 Å². The summed E-state index contributed by atoms with van der Waals surface area (Å²) in [6.45, 7) is 4.91. The van der Waals surface area contributed by atoms with E-state index in [4.69, 9.17) is 9.47 Å². The van der Waals surface area contributed by atoms with Crippen LogP contribution < -0.4 is 10.1 Å². The lowest BCUT2D eigenvalue weighted by atomic mass is 9.98. The van der Waals surface area contributed by atoms with Gasteiger partial charge in [-0.3, -0.25) is 9.59 Å². The number of aromatic nitrogens is 1. The Balaban J connectivity index is 2.55. The average molecular weight is 388 g/mol. The van der Waals surface area contributed by atoms with Gasteiger partial charge in [0, 0.05) is 17.8 Å². The van der Waals surface area contributed by atoms with Crippen LogP contribution in [0.2, 0.25) is 0 Å². The summed E-state index contributed by atoms with van der Waals surface area (Å²) >= 11 is 0. The Kier molecular flexibility index (Phi) is 6.94. The van der Waals surface area contributed by atoms with Crippen LogP contribution in [0.15, 0.2) is 24.3 Å². The first-order valence-corrected chi connectivity index (χ1v) is 8.84. The van der Waals surface area contributed by atoms with Gasteiger partial charge >= 0.3 is 5.97 Å². The van der Waals surface area contributed by atoms with Gasteiger partial charge in [-0.15, -0.1) is 0 Å². The lowest BCUT2D eigenvalue weighted by Crippen LogP contribution is -2.36. The highest BCUT2D eigenvalue weighted by molar-refractivity contribution is 6.43.